The minimum absolute atomic E-state index is 0.100. The molecule has 0 spiro atoms. The third-order valence-corrected chi connectivity index (χ3v) is 4.04. The summed E-state index contributed by atoms with van der Waals surface area (Å²) >= 11 is 0. The van der Waals surface area contributed by atoms with Crippen molar-refractivity contribution in [2.75, 3.05) is 18.8 Å². The number of nitrogens with zero attached hydrogens (tertiary/aromatic N) is 5. The van der Waals surface area contributed by atoms with Crippen molar-refractivity contribution in [3.63, 3.8) is 0 Å². The number of unbranched alkanes of at least 4 members (excludes halogenated alkanes) is 2. The number of nitrogens with two attached hydrogens (primary N) is 1. The van der Waals surface area contributed by atoms with Crippen LogP contribution in [0.2, 0.25) is 0 Å². The lowest BCUT2D eigenvalue weighted by molar-refractivity contribution is -0.134. The normalized spacial score (nSPS) is 12.5. The van der Waals surface area contributed by atoms with Gasteiger partial charge in [0, 0.05) is 13.1 Å². The highest BCUT2D eigenvalue weighted by atomic mass is 16.2. The fourth-order valence-corrected chi connectivity index (χ4v) is 2.57. The maximum absolute atomic E-state index is 12.9. The summed E-state index contributed by atoms with van der Waals surface area (Å²) in [7, 11) is 0. The van der Waals surface area contributed by atoms with E-state index in [4.69, 9.17) is 5.73 Å². The van der Waals surface area contributed by atoms with E-state index in [9.17, 15) is 4.79 Å². The van der Waals surface area contributed by atoms with E-state index in [0.29, 0.717) is 17.0 Å². The van der Waals surface area contributed by atoms with Crippen molar-refractivity contribution in [2.24, 2.45) is 0 Å². The number of amides is 1. The van der Waals surface area contributed by atoms with Gasteiger partial charge in [-0.05, 0) is 19.8 Å². The Bertz CT molecular complexity index is 645. The Kier molecular flexibility index (Phi) is 5.90. The molecule has 1 unspecified atom stereocenters. The van der Waals surface area contributed by atoms with Crippen LogP contribution >= 0.6 is 0 Å². The molecule has 0 aliphatic rings. The van der Waals surface area contributed by atoms with Gasteiger partial charge in [-0.3, -0.25) is 4.79 Å². The second kappa shape index (κ2) is 7.89. The van der Waals surface area contributed by atoms with Crippen molar-refractivity contribution in [1.82, 2.24) is 24.4 Å². The van der Waals surface area contributed by atoms with Crippen LogP contribution in [0.3, 0.4) is 0 Å². The highest BCUT2D eigenvalue weighted by Crippen LogP contribution is 2.20. The van der Waals surface area contributed by atoms with Gasteiger partial charge < -0.3 is 15.2 Å². The summed E-state index contributed by atoms with van der Waals surface area (Å²) in [5, 5.41) is 0. The molecule has 7 heteroatoms. The second-order valence-corrected chi connectivity index (χ2v) is 5.79. The molecule has 2 rings (SSSR count). The maximum atomic E-state index is 12.9. The SMILES string of the molecule is CCCCN(CCCC)C(=O)C(C)n1cnc2c(N)ncnc21. The first kappa shape index (κ1) is 17.2. The van der Waals surface area contributed by atoms with Crippen molar-refractivity contribution in [2.45, 2.75) is 52.5 Å². The molecule has 2 N–H and O–H groups in total. The standard InChI is InChI=1S/C16H26N6O/c1-4-6-8-21(9-7-5-2)16(23)12(3)22-11-20-13-14(17)18-10-19-15(13)22/h10-12H,4-9H2,1-3H3,(H2,17,18,19). The Balaban J connectivity index is 2.22. The topological polar surface area (TPSA) is 89.9 Å². The van der Waals surface area contributed by atoms with Gasteiger partial charge in [0.1, 0.15) is 17.9 Å². The fraction of sp³-hybridized carbons (Fsp3) is 0.625. The summed E-state index contributed by atoms with van der Waals surface area (Å²) in [5.74, 6) is 0.436. The van der Waals surface area contributed by atoms with Crippen molar-refractivity contribution in [3.8, 4) is 0 Å². The molecule has 2 aromatic heterocycles. The Morgan fingerprint density at radius 1 is 1.22 bits per heavy atom. The van der Waals surface area contributed by atoms with E-state index in [1.165, 1.54) is 6.33 Å². The number of hydrogen-bond donors (Lipinski definition) is 1. The molecule has 0 saturated carbocycles. The Morgan fingerprint density at radius 2 is 1.87 bits per heavy atom. The Morgan fingerprint density at radius 3 is 2.48 bits per heavy atom. The fourth-order valence-electron chi connectivity index (χ4n) is 2.57. The summed E-state index contributed by atoms with van der Waals surface area (Å²) in [5.41, 5.74) is 6.96. The Hall–Kier alpha value is -2.18. The van der Waals surface area contributed by atoms with Crippen molar-refractivity contribution >= 4 is 22.9 Å². The third-order valence-electron chi connectivity index (χ3n) is 4.04. The number of hydrogen-bond acceptors (Lipinski definition) is 5. The molecule has 2 aromatic rings. The number of aromatic nitrogens is 4. The minimum Gasteiger partial charge on any atom is -0.382 e. The van der Waals surface area contributed by atoms with E-state index in [-0.39, 0.29) is 11.9 Å². The van der Waals surface area contributed by atoms with Crippen molar-refractivity contribution < 1.29 is 4.79 Å². The molecule has 7 nitrogen and oxygen atoms in total. The van der Waals surface area contributed by atoms with Gasteiger partial charge in [0.15, 0.2) is 11.5 Å². The lowest BCUT2D eigenvalue weighted by Crippen LogP contribution is -2.37. The molecular formula is C16H26N6O. The third kappa shape index (κ3) is 3.78. The highest BCUT2D eigenvalue weighted by Gasteiger charge is 2.23. The van der Waals surface area contributed by atoms with Crippen LogP contribution in [0.25, 0.3) is 11.2 Å². The molecule has 126 valence electrons. The molecule has 2 heterocycles. The average Bonchev–Trinajstić information content (AvgIpc) is 2.99. The zero-order chi connectivity index (χ0) is 16.8. The number of fused-ring (bicyclic) bond motifs is 1. The number of rotatable bonds is 8. The number of imidazole rings is 1. The summed E-state index contributed by atoms with van der Waals surface area (Å²) in [4.78, 5) is 27.2. The Labute approximate surface area is 136 Å². The molecule has 0 bridgehead atoms. The summed E-state index contributed by atoms with van der Waals surface area (Å²) < 4.78 is 1.78. The van der Waals surface area contributed by atoms with Crippen LogP contribution in [0.5, 0.6) is 0 Å². The quantitative estimate of drug-likeness (QED) is 0.807. The van der Waals surface area contributed by atoms with Crippen LogP contribution in [0.4, 0.5) is 5.82 Å². The van der Waals surface area contributed by atoms with Crippen LogP contribution in [-0.4, -0.2) is 43.4 Å². The average molecular weight is 318 g/mol. The zero-order valence-corrected chi connectivity index (χ0v) is 14.2. The number of anilines is 1. The molecule has 0 aliphatic heterocycles. The van der Waals surface area contributed by atoms with Crippen LogP contribution in [-0.2, 0) is 4.79 Å². The van der Waals surface area contributed by atoms with Gasteiger partial charge in [-0.25, -0.2) is 15.0 Å². The summed E-state index contributed by atoms with van der Waals surface area (Å²) in [6.07, 6.45) is 7.20. The van der Waals surface area contributed by atoms with Crippen LogP contribution in [0.15, 0.2) is 12.7 Å². The first-order valence-corrected chi connectivity index (χ1v) is 8.31. The highest BCUT2D eigenvalue weighted by molar-refractivity contribution is 5.85. The molecule has 1 atom stereocenters. The monoisotopic (exact) mass is 318 g/mol. The maximum Gasteiger partial charge on any atom is 0.245 e. The van der Waals surface area contributed by atoms with E-state index >= 15 is 0 Å². The molecule has 0 aromatic carbocycles. The van der Waals surface area contributed by atoms with Gasteiger partial charge in [-0.2, -0.15) is 0 Å². The largest absolute Gasteiger partial charge is 0.382 e. The molecule has 1 amide bonds. The smallest absolute Gasteiger partial charge is 0.245 e. The predicted molar refractivity (Wildman–Crippen MR) is 90.8 cm³/mol. The molecule has 0 fully saturated rings. The van der Waals surface area contributed by atoms with Gasteiger partial charge in [0.25, 0.3) is 0 Å². The first-order chi connectivity index (χ1) is 11.1. The molecule has 0 saturated heterocycles. The van der Waals surface area contributed by atoms with Gasteiger partial charge in [-0.15, -0.1) is 0 Å². The van der Waals surface area contributed by atoms with Crippen molar-refractivity contribution in [1.29, 1.82) is 0 Å². The van der Waals surface area contributed by atoms with Gasteiger partial charge in [-0.1, -0.05) is 26.7 Å². The van der Waals surface area contributed by atoms with Gasteiger partial charge >= 0.3 is 0 Å². The summed E-state index contributed by atoms with van der Waals surface area (Å²) in [6.45, 7) is 7.74. The van der Waals surface area contributed by atoms with E-state index in [1.807, 2.05) is 11.8 Å². The van der Waals surface area contributed by atoms with E-state index in [1.54, 1.807) is 10.9 Å². The van der Waals surface area contributed by atoms with E-state index in [0.717, 1.165) is 38.8 Å². The molecule has 0 radical (unpaired) electrons. The second-order valence-electron chi connectivity index (χ2n) is 5.79. The minimum atomic E-state index is -0.358. The van der Waals surface area contributed by atoms with Crippen LogP contribution in [0.1, 0.15) is 52.5 Å². The van der Waals surface area contributed by atoms with Crippen LogP contribution in [0, 0.1) is 0 Å². The van der Waals surface area contributed by atoms with Crippen molar-refractivity contribution in [3.05, 3.63) is 12.7 Å². The molecule has 0 aliphatic carbocycles. The number of nitrogen functional groups attached to an aromatic ring is 1. The van der Waals surface area contributed by atoms with E-state index in [2.05, 4.69) is 28.8 Å². The van der Waals surface area contributed by atoms with Gasteiger partial charge in [0.05, 0.1) is 6.33 Å². The first-order valence-electron chi connectivity index (χ1n) is 8.31. The number of carbonyl (C=O) groups is 1. The van der Waals surface area contributed by atoms with E-state index < -0.39 is 0 Å². The van der Waals surface area contributed by atoms with Crippen LogP contribution < -0.4 is 5.73 Å². The lowest BCUT2D eigenvalue weighted by atomic mass is 10.2. The molecule has 23 heavy (non-hydrogen) atoms. The van der Waals surface area contributed by atoms with Gasteiger partial charge in [0.2, 0.25) is 5.91 Å². The molecular weight excluding hydrogens is 292 g/mol. The predicted octanol–water partition coefficient (Wildman–Crippen LogP) is 2.40. The lowest BCUT2D eigenvalue weighted by Gasteiger charge is -2.26. The summed E-state index contributed by atoms with van der Waals surface area (Å²) in [6, 6.07) is -0.358. The zero-order valence-electron chi connectivity index (χ0n) is 14.2. The number of carbonyl (C=O) groups excluding carboxylic acids is 1.